The quantitative estimate of drug-likeness (QED) is 0.320. The van der Waals surface area contributed by atoms with E-state index in [-0.39, 0.29) is 10.5 Å². The van der Waals surface area contributed by atoms with Gasteiger partial charge in [0.25, 0.3) is 5.91 Å². The van der Waals surface area contributed by atoms with Crippen molar-refractivity contribution in [2.24, 2.45) is 0 Å². The number of carbonyl (C=O) groups excluding carboxylic acids is 1. The highest BCUT2D eigenvalue weighted by atomic mass is 79.9. The zero-order valence-corrected chi connectivity index (χ0v) is 14.6. The van der Waals surface area contributed by atoms with Crippen molar-refractivity contribution in [2.75, 3.05) is 11.2 Å². The number of anilines is 1. The Balaban J connectivity index is 1.83. The van der Waals surface area contributed by atoms with Gasteiger partial charge >= 0.3 is 0 Å². The van der Waals surface area contributed by atoms with Crippen LogP contribution in [-0.2, 0) is 0 Å². The van der Waals surface area contributed by atoms with Gasteiger partial charge in [0.15, 0.2) is 5.82 Å². The van der Waals surface area contributed by atoms with Gasteiger partial charge < -0.3 is 5.32 Å². The predicted octanol–water partition coefficient (Wildman–Crippen LogP) is 4.19. The van der Waals surface area contributed by atoms with Gasteiger partial charge in [-0.3, -0.25) is 9.52 Å². The first-order valence-electron chi connectivity index (χ1n) is 5.80. The van der Waals surface area contributed by atoms with Crippen molar-refractivity contribution in [3.8, 4) is 0 Å². The minimum absolute atomic E-state index is 0.143. The Morgan fingerprint density at radius 3 is 2.67 bits per heavy atom. The highest BCUT2D eigenvalue weighted by molar-refractivity contribution is 9.11. The number of nitrogens with one attached hydrogen (secondary N) is 2. The number of rotatable bonds is 5. The average molecular weight is 435 g/mol. The molecular weight excluding hydrogens is 425 g/mol. The Morgan fingerprint density at radius 2 is 1.95 bits per heavy atom. The third-order valence-corrected chi connectivity index (χ3v) is 4.20. The van der Waals surface area contributed by atoms with E-state index in [0.29, 0.717) is 21.7 Å². The summed E-state index contributed by atoms with van der Waals surface area (Å²) in [5.41, 5.74) is 1.10. The summed E-state index contributed by atoms with van der Waals surface area (Å²) in [7, 11) is 0. The molecule has 0 aliphatic carbocycles. The maximum atomic E-state index is 13.4. The fourth-order valence-corrected chi connectivity index (χ4v) is 2.94. The fourth-order valence-electron chi connectivity index (χ4n) is 1.43. The zero-order chi connectivity index (χ0) is 15.2. The van der Waals surface area contributed by atoms with Crippen LogP contribution in [0.4, 0.5) is 10.1 Å². The van der Waals surface area contributed by atoms with Gasteiger partial charge in [-0.05, 0) is 55.9 Å². The van der Waals surface area contributed by atoms with Crippen molar-refractivity contribution >= 4 is 55.4 Å². The number of benzene rings is 1. The van der Waals surface area contributed by atoms with Crippen LogP contribution in [0.2, 0.25) is 0 Å². The van der Waals surface area contributed by atoms with Gasteiger partial charge in [-0.2, -0.15) is 0 Å². The molecule has 0 atom stereocenters. The van der Waals surface area contributed by atoms with Crippen molar-refractivity contribution in [3.05, 3.63) is 57.0 Å². The van der Waals surface area contributed by atoms with Crippen LogP contribution in [0.1, 0.15) is 10.4 Å². The van der Waals surface area contributed by atoms with Gasteiger partial charge in [-0.1, -0.05) is 18.2 Å². The van der Waals surface area contributed by atoms with Crippen LogP contribution in [0, 0.1) is 5.82 Å². The lowest BCUT2D eigenvalue weighted by Gasteiger charge is -2.09. The van der Waals surface area contributed by atoms with Gasteiger partial charge in [-0.15, -0.1) is 0 Å². The summed E-state index contributed by atoms with van der Waals surface area (Å²) in [6.45, 7) is 0. The van der Waals surface area contributed by atoms with Gasteiger partial charge in [0.2, 0.25) is 0 Å². The molecule has 0 unspecified atom stereocenters. The molecule has 1 aromatic heterocycles. The Hall–Kier alpha value is -1.12. The molecule has 110 valence electrons. The van der Waals surface area contributed by atoms with Crippen LogP contribution in [0.25, 0.3) is 0 Å². The second-order valence-corrected chi connectivity index (χ2v) is 6.15. The zero-order valence-electron chi connectivity index (χ0n) is 10.6. The van der Waals surface area contributed by atoms with Gasteiger partial charge in [0, 0.05) is 11.6 Å². The SMILES string of the molecule is O=C(NSCNc1cc(F)c(Br)nc1Br)c1ccccc1. The Morgan fingerprint density at radius 1 is 1.24 bits per heavy atom. The fraction of sp³-hybridized carbons (Fsp3) is 0.0769. The molecule has 2 rings (SSSR count). The average Bonchev–Trinajstić information content (AvgIpc) is 2.49. The third-order valence-electron chi connectivity index (χ3n) is 2.42. The smallest absolute Gasteiger partial charge is 0.261 e. The molecule has 8 heteroatoms. The Kier molecular flexibility index (Phi) is 6.01. The van der Waals surface area contributed by atoms with Crippen molar-refractivity contribution in [1.29, 1.82) is 0 Å². The molecule has 1 aromatic carbocycles. The van der Waals surface area contributed by atoms with Crippen molar-refractivity contribution in [3.63, 3.8) is 0 Å². The van der Waals surface area contributed by atoms with Crippen LogP contribution < -0.4 is 10.0 Å². The number of aromatic nitrogens is 1. The lowest BCUT2D eigenvalue weighted by molar-refractivity contribution is 0.0984. The summed E-state index contributed by atoms with van der Waals surface area (Å²) in [5.74, 6) is -0.263. The first-order chi connectivity index (χ1) is 10.1. The topological polar surface area (TPSA) is 54.0 Å². The van der Waals surface area contributed by atoms with Crippen LogP contribution >= 0.6 is 43.8 Å². The summed E-state index contributed by atoms with van der Waals surface area (Å²) in [5, 5.41) is 2.97. The molecule has 2 N–H and O–H groups in total. The molecule has 0 fully saturated rings. The minimum Gasteiger partial charge on any atom is -0.372 e. The molecule has 2 aromatic rings. The summed E-state index contributed by atoms with van der Waals surface area (Å²) < 4.78 is 16.7. The van der Waals surface area contributed by atoms with E-state index in [0.717, 1.165) is 0 Å². The number of pyridine rings is 1. The van der Waals surface area contributed by atoms with E-state index in [1.165, 1.54) is 18.0 Å². The van der Waals surface area contributed by atoms with E-state index in [2.05, 4.69) is 46.9 Å². The Labute approximate surface area is 142 Å². The molecule has 21 heavy (non-hydrogen) atoms. The molecule has 1 amide bonds. The molecule has 0 radical (unpaired) electrons. The highest BCUT2D eigenvalue weighted by Crippen LogP contribution is 2.25. The lowest BCUT2D eigenvalue weighted by Crippen LogP contribution is -2.18. The van der Waals surface area contributed by atoms with Crippen molar-refractivity contribution in [2.45, 2.75) is 0 Å². The van der Waals surface area contributed by atoms with Gasteiger partial charge in [-0.25, -0.2) is 9.37 Å². The van der Waals surface area contributed by atoms with E-state index in [1.54, 1.807) is 24.3 Å². The second-order valence-electron chi connectivity index (χ2n) is 3.86. The molecule has 4 nitrogen and oxygen atoms in total. The minimum atomic E-state index is -0.459. The second kappa shape index (κ2) is 7.77. The number of nitrogens with zero attached hydrogens (tertiary/aromatic N) is 1. The van der Waals surface area contributed by atoms with Crippen molar-refractivity contribution in [1.82, 2.24) is 9.71 Å². The molecule has 0 bridgehead atoms. The normalized spacial score (nSPS) is 10.2. The molecule has 1 heterocycles. The summed E-state index contributed by atoms with van der Waals surface area (Å²) in [6, 6.07) is 10.2. The van der Waals surface area contributed by atoms with E-state index < -0.39 is 5.82 Å². The third kappa shape index (κ3) is 4.69. The van der Waals surface area contributed by atoms with Gasteiger partial charge in [0.1, 0.15) is 9.21 Å². The maximum absolute atomic E-state index is 13.4. The van der Waals surface area contributed by atoms with E-state index >= 15 is 0 Å². The monoisotopic (exact) mass is 433 g/mol. The largest absolute Gasteiger partial charge is 0.372 e. The molecule has 0 aliphatic heterocycles. The van der Waals surface area contributed by atoms with Crippen LogP contribution in [0.3, 0.4) is 0 Å². The summed E-state index contributed by atoms with van der Waals surface area (Å²) >= 11 is 7.41. The van der Waals surface area contributed by atoms with E-state index in [1.807, 2.05) is 6.07 Å². The number of hydrogen-bond donors (Lipinski definition) is 2. The molecule has 0 saturated heterocycles. The molecular formula is C13H10Br2FN3OS. The van der Waals surface area contributed by atoms with Crippen molar-refractivity contribution < 1.29 is 9.18 Å². The molecule has 0 aliphatic rings. The standard InChI is InChI=1S/C13H10Br2FN3OS/c14-11-9(16)6-10(12(15)18-11)17-7-21-19-13(20)8-4-2-1-3-5-8/h1-6,17H,7H2,(H,19,20). The van der Waals surface area contributed by atoms with Gasteiger partial charge in [0.05, 0.1) is 11.6 Å². The summed E-state index contributed by atoms with van der Waals surface area (Å²) in [6.07, 6.45) is 0. The maximum Gasteiger partial charge on any atom is 0.261 e. The van der Waals surface area contributed by atoms with E-state index in [4.69, 9.17) is 0 Å². The predicted molar refractivity (Wildman–Crippen MR) is 89.6 cm³/mol. The van der Waals surface area contributed by atoms with Crippen LogP contribution in [0.15, 0.2) is 45.6 Å². The number of amides is 1. The Bertz CT molecular complexity index is 643. The molecule has 0 spiro atoms. The van der Waals surface area contributed by atoms with Crippen LogP contribution in [-0.4, -0.2) is 16.8 Å². The highest BCUT2D eigenvalue weighted by Gasteiger charge is 2.08. The number of carbonyl (C=O) groups is 1. The molecule has 0 saturated carbocycles. The summed E-state index contributed by atoms with van der Waals surface area (Å²) in [4.78, 5) is 15.7. The lowest BCUT2D eigenvalue weighted by atomic mass is 10.2. The number of halogens is 3. The number of hydrogen-bond acceptors (Lipinski definition) is 4. The first kappa shape index (κ1) is 16.3. The first-order valence-corrected chi connectivity index (χ1v) is 8.37. The van der Waals surface area contributed by atoms with Crippen LogP contribution in [0.5, 0.6) is 0 Å². The van der Waals surface area contributed by atoms with E-state index in [9.17, 15) is 9.18 Å².